The van der Waals surface area contributed by atoms with Gasteiger partial charge in [-0.1, -0.05) is 34.8 Å². The molecule has 0 aliphatic rings. The molecule has 0 saturated carbocycles. The highest BCUT2D eigenvalue weighted by atomic mass is 35.5. The summed E-state index contributed by atoms with van der Waals surface area (Å²) in [5.41, 5.74) is 0. The summed E-state index contributed by atoms with van der Waals surface area (Å²) in [5, 5.41) is 0.629. The van der Waals surface area contributed by atoms with Crippen molar-refractivity contribution in [3.05, 3.63) is 21.2 Å². The van der Waals surface area contributed by atoms with E-state index >= 15 is 0 Å². The predicted octanol–water partition coefficient (Wildman–Crippen LogP) is 3.30. The Balaban J connectivity index is 3.04. The van der Waals surface area contributed by atoms with Gasteiger partial charge in [0.2, 0.25) is 0 Å². The first-order valence-electron chi connectivity index (χ1n) is 3.01. The lowest BCUT2D eigenvalue weighted by molar-refractivity contribution is 1.04. The van der Waals surface area contributed by atoms with Gasteiger partial charge < -0.3 is 0 Å². The molecule has 0 aliphatic carbocycles. The van der Waals surface area contributed by atoms with Crippen molar-refractivity contribution in [1.82, 2.24) is 9.97 Å². The molecule has 0 aliphatic heterocycles. The van der Waals surface area contributed by atoms with Crippen LogP contribution in [0.4, 0.5) is 0 Å². The molecule has 0 unspecified atom stereocenters. The second-order valence-electron chi connectivity index (χ2n) is 1.97. The van der Waals surface area contributed by atoms with Gasteiger partial charge in [0, 0.05) is 0 Å². The highest BCUT2D eigenvalue weighted by Gasteiger charge is 2.08. The van der Waals surface area contributed by atoms with Gasteiger partial charge in [0.25, 0.3) is 0 Å². The Morgan fingerprint density at radius 3 is 2.08 bits per heavy atom. The Bertz CT molecular complexity index is 269. The molecule has 0 aromatic carbocycles. The van der Waals surface area contributed by atoms with E-state index in [0.29, 0.717) is 11.6 Å². The molecule has 0 saturated heterocycles. The zero-order valence-electron chi connectivity index (χ0n) is 6.14. The molecule has 0 N–H and O–H groups in total. The number of thioether (sulfide) groups is 1. The van der Waals surface area contributed by atoms with E-state index in [1.54, 1.807) is 11.8 Å². The molecule has 0 fully saturated rings. The maximum atomic E-state index is 5.68. The molecule has 0 spiro atoms. The minimum Gasteiger partial charge on any atom is -0.219 e. The SMILES string of the molecule is CSCc1nc(Cl)c(Cl)c(Cl)n1. The van der Waals surface area contributed by atoms with Crippen molar-refractivity contribution in [3.8, 4) is 0 Å². The van der Waals surface area contributed by atoms with Gasteiger partial charge in [0.1, 0.15) is 10.8 Å². The molecular formula is C6H5Cl3N2S. The van der Waals surface area contributed by atoms with Gasteiger partial charge in [0.15, 0.2) is 10.3 Å². The number of rotatable bonds is 2. The van der Waals surface area contributed by atoms with Crippen molar-refractivity contribution in [2.75, 3.05) is 6.26 Å². The fourth-order valence-corrected chi connectivity index (χ4v) is 1.52. The van der Waals surface area contributed by atoms with Crippen molar-refractivity contribution >= 4 is 46.6 Å². The number of aromatic nitrogens is 2. The van der Waals surface area contributed by atoms with Crippen LogP contribution in [0.5, 0.6) is 0 Å². The van der Waals surface area contributed by atoms with Crippen LogP contribution in [0.25, 0.3) is 0 Å². The molecule has 0 amide bonds. The lowest BCUT2D eigenvalue weighted by Crippen LogP contribution is -1.94. The molecule has 1 rings (SSSR count). The van der Waals surface area contributed by atoms with E-state index < -0.39 is 0 Å². The van der Waals surface area contributed by atoms with Crippen molar-refractivity contribution < 1.29 is 0 Å². The van der Waals surface area contributed by atoms with Gasteiger partial charge in [-0.3, -0.25) is 0 Å². The standard InChI is InChI=1S/C6H5Cl3N2S/c1-12-2-3-10-5(8)4(7)6(9)11-3/h2H2,1H3. The second kappa shape index (κ2) is 4.51. The molecule has 0 atom stereocenters. The monoisotopic (exact) mass is 242 g/mol. The molecule has 1 aromatic rings. The summed E-state index contributed by atoms with van der Waals surface area (Å²) < 4.78 is 0. The van der Waals surface area contributed by atoms with Gasteiger partial charge in [-0.25, -0.2) is 9.97 Å². The maximum Gasteiger partial charge on any atom is 0.152 e. The van der Waals surface area contributed by atoms with Gasteiger partial charge in [-0.15, -0.1) is 0 Å². The van der Waals surface area contributed by atoms with Crippen LogP contribution < -0.4 is 0 Å². The average Bonchev–Trinajstić information content (AvgIpc) is 2.01. The molecule has 2 nitrogen and oxygen atoms in total. The minimum atomic E-state index is 0.209. The van der Waals surface area contributed by atoms with E-state index in [0.717, 1.165) is 0 Å². The quantitative estimate of drug-likeness (QED) is 0.746. The molecule has 12 heavy (non-hydrogen) atoms. The van der Waals surface area contributed by atoms with Gasteiger partial charge in [-0.05, 0) is 6.26 Å². The highest BCUT2D eigenvalue weighted by Crippen LogP contribution is 2.26. The molecule has 0 radical (unpaired) electrons. The Morgan fingerprint density at radius 1 is 1.17 bits per heavy atom. The van der Waals surface area contributed by atoms with E-state index in [2.05, 4.69) is 9.97 Å². The van der Waals surface area contributed by atoms with Crippen LogP contribution in [0.1, 0.15) is 5.82 Å². The molecule has 0 bridgehead atoms. The molecule has 6 heteroatoms. The fourth-order valence-electron chi connectivity index (χ4n) is 0.629. The van der Waals surface area contributed by atoms with Crippen molar-refractivity contribution in [1.29, 1.82) is 0 Å². The normalized spacial score (nSPS) is 10.3. The van der Waals surface area contributed by atoms with E-state index in [4.69, 9.17) is 34.8 Å². The summed E-state index contributed by atoms with van der Waals surface area (Å²) in [7, 11) is 0. The third-order valence-corrected chi connectivity index (χ3v) is 2.74. The maximum absolute atomic E-state index is 5.68. The largest absolute Gasteiger partial charge is 0.219 e. The topological polar surface area (TPSA) is 25.8 Å². The third kappa shape index (κ3) is 2.39. The molecule has 1 heterocycles. The molecule has 1 aromatic heterocycles. The average molecular weight is 244 g/mol. The smallest absolute Gasteiger partial charge is 0.152 e. The zero-order chi connectivity index (χ0) is 9.14. The van der Waals surface area contributed by atoms with Gasteiger partial charge >= 0.3 is 0 Å². The highest BCUT2D eigenvalue weighted by molar-refractivity contribution is 7.97. The summed E-state index contributed by atoms with van der Waals surface area (Å²) in [6.07, 6.45) is 1.94. The Hall–Kier alpha value is 0.300. The first-order chi connectivity index (χ1) is 5.65. The first kappa shape index (κ1) is 10.4. The van der Waals surface area contributed by atoms with Crippen LogP contribution in [0.15, 0.2) is 0 Å². The molecular weight excluding hydrogens is 239 g/mol. The predicted molar refractivity (Wildman–Crippen MR) is 54.3 cm³/mol. The third-order valence-electron chi connectivity index (χ3n) is 1.09. The van der Waals surface area contributed by atoms with Crippen LogP contribution in [0.3, 0.4) is 0 Å². The Morgan fingerprint density at radius 2 is 1.67 bits per heavy atom. The van der Waals surface area contributed by atoms with Crippen molar-refractivity contribution in [2.24, 2.45) is 0 Å². The van der Waals surface area contributed by atoms with E-state index in [1.165, 1.54) is 0 Å². The number of nitrogens with zero attached hydrogens (tertiary/aromatic N) is 2. The Labute approximate surface area is 89.6 Å². The van der Waals surface area contributed by atoms with Crippen molar-refractivity contribution in [2.45, 2.75) is 5.75 Å². The van der Waals surface area contributed by atoms with Crippen molar-refractivity contribution in [3.63, 3.8) is 0 Å². The number of halogens is 3. The number of hydrogen-bond acceptors (Lipinski definition) is 3. The van der Waals surface area contributed by atoms with Crippen LogP contribution >= 0.6 is 46.6 Å². The Kier molecular flexibility index (Phi) is 3.90. The van der Waals surface area contributed by atoms with Crippen LogP contribution in [0, 0.1) is 0 Å². The number of hydrogen-bond donors (Lipinski definition) is 0. The van der Waals surface area contributed by atoms with E-state index in [9.17, 15) is 0 Å². The minimum absolute atomic E-state index is 0.209. The lowest BCUT2D eigenvalue weighted by Gasteiger charge is -2.00. The second-order valence-corrected chi connectivity index (χ2v) is 3.93. The zero-order valence-corrected chi connectivity index (χ0v) is 9.23. The van der Waals surface area contributed by atoms with Crippen LogP contribution in [-0.4, -0.2) is 16.2 Å². The van der Waals surface area contributed by atoms with E-state index in [1.807, 2.05) is 6.26 Å². The summed E-state index contributed by atoms with van der Waals surface area (Å²) in [6, 6.07) is 0. The van der Waals surface area contributed by atoms with E-state index in [-0.39, 0.29) is 15.3 Å². The summed E-state index contributed by atoms with van der Waals surface area (Å²) in [5.74, 6) is 1.28. The fraction of sp³-hybridized carbons (Fsp3) is 0.333. The lowest BCUT2D eigenvalue weighted by atomic mass is 10.6. The molecule has 66 valence electrons. The first-order valence-corrected chi connectivity index (χ1v) is 5.54. The summed E-state index contributed by atoms with van der Waals surface area (Å²) in [4.78, 5) is 7.88. The summed E-state index contributed by atoms with van der Waals surface area (Å²) >= 11 is 18.6. The van der Waals surface area contributed by atoms with Gasteiger partial charge in [0.05, 0.1) is 5.75 Å². The summed E-state index contributed by atoms with van der Waals surface area (Å²) in [6.45, 7) is 0. The van der Waals surface area contributed by atoms with Gasteiger partial charge in [-0.2, -0.15) is 11.8 Å². The van der Waals surface area contributed by atoms with Crippen LogP contribution in [-0.2, 0) is 5.75 Å². The van der Waals surface area contributed by atoms with Crippen LogP contribution in [0.2, 0.25) is 15.3 Å².